The van der Waals surface area contributed by atoms with Gasteiger partial charge in [-0.1, -0.05) is 36.4 Å². The van der Waals surface area contributed by atoms with Crippen molar-refractivity contribution in [3.05, 3.63) is 71.2 Å². The predicted octanol–water partition coefficient (Wildman–Crippen LogP) is 3.73. The molecular formula is C22H21FN2O3. The molecular weight excluding hydrogens is 359 g/mol. The summed E-state index contributed by atoms with van der Waals surface area (Å²) in [6.07, 6.45) is 0.719. The number of aromatic amines is 1. The number of esters is 1. The van der Waals surface area contributed by atoms with Gasteiger partial charge >= 0.3 is 5.97 Å². The molecule has 2 aromatic carbocycles. The van der Waals surface area contributed by atoms with Crippen molar-refractivity contribution in [3.63, 3.8) is 0 Å². The fourth-order valence-corrected chi connectivity index (χ4v) is 3.98. The highest BCUT2D eigenvalue weighted by atomic mass is 19.1. The Kier molecular flexibility index (Phi) is 4.86. The molecule has 1 atom stereocenters. The van der Waals surface area contributed by atoms with Gasteiger partial charge in [0.1, 0.15) is 11.9 Å². The van der Waals surface area contributed by atoms with Gasteiger partial charge in [-0.2, -0.15) is 0 Å². The molecule has 3 aromatic rings. The molecule has 2 heterocycles. The third-order valence-electron chi connectivity index (χ3n) is 5.33. The molecule has 28 heavy (non-hydrogen) atoms. The van der Waals surface area contributed by atoms with Crippen molar-refractivity contribution in [2.24, 2.45) is 0 Å². The number of para-hydroxylation sites is 1. The number of aromatic nitrogens is 1. The Morgan fingerprint density at radius 2 is 1.89 bits per heavy atom. The highest BCUT2D eigenvalue weighted by Gasteiger charge is 2.35. The summed E-state index contributed by atoms with van der Waals surface area (Å²) in [5.74, 6) is -0.980. The Morgan fingerprint density at radius 3 is 2.68 bits per heavy atom. The van der Waals surface area contributed by atoms with Gasteiger partial charge in [0.2, 0.25) is 5.91 Å². The molecule has 0 saturated heterocycles. The van der Waals surface area contributed by atoms with Crippen molar-refractivity contribution < 1.29 is 18.7 Å². The normalized spacial score (nSPS) is 16.1. The average Bonchev–Trinajstić information content (AvgIpc) is 3.10. The van der Waals surface area contributed by atoms with E-state index < -0.39 is 12.0 Å². The van der Waals surface area contributed by atoms with E-state index in [0.29, 0.717) is 18.5 Å². The molecule has 0 spiro atoms. The molecule has 1 aliphatic heterocycles. The molecule has 1 aliphatic rings. The van der Waals surface area contributed by atoms with Crippen molar-refractivity contribution in [2.45, 2.75) is 25.3 Å². The fraction of sp³-hybridized carbons (Fsp3) is 0.273. The predicted molar refractivity (Wildman–Crippen MR) is 103 cm³/mol. The smallest absolute Gasteiger partial charge is 0.306 e. The SMILES string of the molecule is COC(=O)CCC(=O)N1CCc2c([nH]c3ccccc23)[C@H]1c1ccccc1F. The van der Waals surface area contributed by atoms with E-state index in [1.165, 1.54) is 13.2 Å². The maximum Gasteiger partial charge on any atom is 0.306 e. The van der Waals surface area contributed by atoms with E-state index in [-0.39, 0.29) is 24.6 Å². The molecule has 0 bridgehead atoms. The van der Waals surface area contributed by atoms with Gasteiger partial charge in [0.25, 0.3) is 0 Å². The van der Waals surface area contributed by atoms with Gasteiger partial charge in [-0.15, -0.1) is 0 Å². The number of carbonyl (C=O) groups excluding carboxylic acids is 2. The van der Waals surface area contributed by atoms with Gasteiger partial charge in [0, 0.05) is 35.1 Å². The first-order chi connectivity index (χ1) is 13.6. The molecule has 0 unspecified atom stereocenters. The number of H-pyrrole nitrogens is 1. The summed E-state index contributed by atoms with van der Waals surface area (Å²) in [6.45, 7) is 0.466. The minimum atomic E-state index is -0.553. The number of nitrogens with one attached hydrogen (secondary N) is 1. The Balaban J connectivity index is 1.78. The van der Waals surface area contributed by atoms with Crippen LogP contribution in [0.4, 0.5) is 4.39 Å². The standard InChI is InChI=1S/C22H21FN2O3/c1-28-20(27)11-10-19(26)25-13-12-15-14-6-3-5-9-18(14)24-21(15)22(25)16-7-2-4-8-17(16)23/h2-9,22,24H,10-13H2,1H3/t22-/m1/s1. The Hall–Kier alpha value is -3.15. The van der Waals surface area contributed by atoms with E-state index >= 15 is 0 Å². The Morgan fingerprint density at radius 1 is 1.14 bits per heavy atom. The van der Waals surface area contributed by atoms with Crippen molar-refractivity contribution in [1.29, 1.82) is 0 Å². The summed E-state index contributed by atoms with van der Waals surface area (Å²) in [7, 11) is 1.30. The summed E-state index contributed by atoms with van der Waals surface area (Å²) in [6, 6.07) is 13.9. The third-order valence-corrected chi connectivity index (χ3v) is 5.33. The number of halogens is 1. The van der Waals surface area contributed by atoms with Gasteiger partial charge < -0.3 is 14.6 Å². The molecule has 0 aliphatic carbocycles. The second-order valence-corrected chi connectivity index (χ2v) is 6.90. The largest absolute Gasteiger partial charge is 0.469 e. The summed E-state index contributed by atoms with van der Waals surface area (Å²) >= 11 is 0. The summed E-state index contributed by atoms with van der Waals surface area (Å²) in [5, 5.41) is 1.10. The maximum atomic E-state index is 14.7. The van der Waals surface area contributed by atoms with Gasteiger partial charge in [0.05, 0.1) is 13.5 Å². The summed E-state index contributed by atoms with van der Waals surface area (Å²) in [5.41, 5.74) is 3.36. The molecule has 1 aromatic heterocycles. The minimum Gasteiger partial charge on any atom is -0.469 e. The number of amides is 1. The molecule has 1 N–H and O–H groups in total. The zero-order chi connectivity index (χ0) is 19.7. The minimum absolute atomic E-state index is 0.00931. The van der Waals surface area contributed by atoms with E-state index in [2.05, 4.69) is 9.72 Å². The lowest BCUT2D eigenvalue weighted by Crippen LogP contribution is -2.41. The lowest BCUT2D eigenvalue weighted by Gasteiger charge is -2.36. The molecule has 6 heteroatoms. The van der Waals surface area contributed by atoms with Crippen LogP contribution in [0.15, 0.2) is 48.5 Å². The lowest BCUT2D eigenvalue weighted by molar-refractivity contribution is -0.144. The van der Waals surface area contributed by atoms with Crippen LogP contribution in [-0.4, -0.2) is 35.4 Å². The maximum absolute atomic E-state index is 14.7. The van der Waals surface area contributed by atoms with E-state index in [9.17, 15) is 14.0 Å². The Labute approximate surface area is 162 Å². The van der Waals surface area contributed by atoms with E-state index in [1.54, 1.807) is 23.1 Å². The molecule has 0 fully saturated rings. The topological polar surface area (TPSA) is 62.4 Å². The number of benzene rings is 2. The second kappa shape index (κ2) is 7.46. The van der Waals surface area contributed by atoms with Crippen LogP contribution in [0, 0.1) is 5.82 Å². The third kappa shape index (κ3) is 3.15. The van der Waals surface area contributed by atoms with Gasteiger partial charge in [-0.05, 0) is 24.1 Å². The second-order valence-electron chi connectivity index (χ2n) is 6.90. The molecule has 5 nitrogen and oxygen atoms in total. The monoisotopic (exact) mass is 380 g/mol. The van der Waals surface area contributed by atoms with Crippen molar-refractivity contribution in [2.75, 3.05) is 13.7 Å². The molecule has 0 saturated carbocycles. The lowest BCUT2D eigenvalue weighted by atomic mass is 9.91. The van der Waals surface area contributed by atoms with Crippen LogP contribution in [0.3, 0.4) is 0 Å². The zero-order valence-corrected chi connectivity index (χ0v) is 15.6. The first-order valence-corrected chi connectivity index (χ1v) is 9.30. The van der Waals surface area contributed by atoms with Crippen LogP contribution in [0.5, 0.6) is 0 Å². The van der Waals surface area contributed by atoms with Crippen molar-refractivity contribution in [3.8, 4) is 0 Å². The number of carbonyl (C=O) groups is 2. The van der Waals surface area contributed by atoms with Crippen LogP contribution in [0.25, 0.3) is 10.9 Å². The molecule has 1 amide bonds. The van der Waals surface area contributed by atoms with Gasteiger partial charge in [0.15, 0.2) is 0 Å². The van der Waals surface area contributed by atoms with Crippen LogP contribution >= 0.6 is 0 Å². The molecule has 0 radical (unpaired) electrons. The highest BCUT2D eigenvalue weighted by molar-refractivity contribution is 5.87. The van der Waals surface area contributed by atoms with Crippen LogP contribution < -0.4 is 0 Å². The van der Waals surface area contributed by atoms with Crippen LogP contribution in [0.1, 0.15) is 35.7 Å². The molecule has 4 rings (SSSR count). The van der Waals surface area contributed by atoms with E-state index in [1.807, 2.05) is 24.3 Å². The van der Waals surface area contributed by atoms with E-state index in [0.717, 1.165) is 22.2 Å². The number of hydrogen-bond donors (Lipinski definition) is 1. The van der Waals surface area contributed by atoms with Gasteiger partial charge in [-0.3, -0.25) is 9.59 Å². The fourth-order valence-electron chi connectivity index (χ4n) is 3.98. The number of rotatable bonds is 4. The summed E-state index contributed by atoms with van der Waals surface area (Å²) < 4.78 is 19.3. The number of nitrogens with zero attached hydrogens (tertiary/aromatic N) is 1. The highest BCUT2D eigenvalue weighted by Crippen LogP contribution is 2.39. The number of methoxy groups -OCH3 is 1. The quantitative estimate of drug-likeness (QED) is 0.702. The Bertz CT molecular complexity index is 1040. The molecule has 144 valence electrons. The van der Waals surface area contributed by atoms with E-state index in [4.69, 9.17) is 0 Å². The number of ether oxygens (including phenoxy) is 1. The number of hydrogen-bond acceptors (Lipinski definition) is 3. The summed E-state index contributed by atoms with van der Waals surface area (Å²) in [4.78, 5) is 29.4. The number of fused-ring (bicyclic) bond motifs is 3. The van der Waals surface area contributed by atoms with Gasteiger partial charge in [-0.25, -0.2) is 4.39 Å². The first-order valence-electron chi connectivity index (χ1n) is 9.30. The van der Waals surface area contributed by atoms with Crippen molar-refractivity contribution >= 4 is 22.8 Å². The van der Waals surface area contributed by atoms with Crippen LogP contribution in [0.2, 0.25) is 0 Å². The zero-order valence-electron chi connectivity index (χ0n) is 15.6. The average molecular weight is 380 g/mol. The van der Waals surface area contributed by atoms with Crippen LogP contribution in [-0.2, 0) is 20.7 Å². The van der Waals surface area contributed by atoms with Crippen molar-refractivity contribution in [1.82, 2.24) is 9.88 Å². The first kappa shape index (κ1) is 18.2.